The molecule has 0 aliphatic carbocycles. The van der Waals surface area contributed by atoms with Crippen LogP contribution in [0.15, 0.2) is 24.4 Å². The molecule has 0 saturated carbocycles. The smallest absolute Gasteiger partial charge is 0.421 e. The van der Waals surface area contributed by atoms with Crippen molar-refractivity contribution >= 4 is 23.1 Å². The second-order valence-electron chi connectivity index (χ2n) is 9.08. The van der Waals surface area contributed by atoms with Gasteiger partial charge in [-0.25, -0.2) is 13.8 Å². The average Bonchev–Trinajstić information content (AvgIpc) is 3.12. The molecule has 1 aromatic carbocycles. The van der Waals surface area contributed by atoms with Gasteiger partial charge in [0.15, 0.2) is 12.3 Å². The molecule has 2 fully saturated rings. The molecule has 2 N–H and O–H groups in total. The molecule has 35 heavy (non-hydrogen) atoms. The number of β-amino-alcohol motifs (C(OH)–C–C–N with tert-alkyl or cyclic N) is 1. The van der Waals surface area contributed by atoms with Crippen LogP contribution in [0.4, 0.5) is 45.1 Å². The van der Waals surface area contributed by atoms with Gasteiger partial charge in [0.25, 0.3) is 0 Å². The normalized spacial score (nSPS) is 23.2. The predicted molar refractivity (Wildman–Crippen MR) is 122 cm³/mol. The van der Waals surface area contributed by atoms with E-state index in [9.17, 15) is 27.1 Å². The van der Waals surface area contributed by atoms with Crippen molar-refractivity contribution in [2.75, 3.05) is 41.3 Å². The number of rotatable bonds is 6. The van der Waals surface area contributed by atoms with Gasteiger partial charge in [-0.3, -0.25) is 0 Å². The highest BCUT2D eigenvalue weighted by Crippen LogP contribution is 2.39. The molecule has 2 aromatic rings. The molecule has 0 amide bonds. The lowest BCUT2D eigenvalue weighted by atomic mass is 10.1. The molecule has 192 valence electrons. The Morgan fingerprint density at radius 1 is 1.11 bits per heavy atom. The summed E-state index contributed by atoms with van der Waals surface area (Å²) >= 11 is 0. The summed E-state index contributed by atoms with van der Waals surface area (Å²) in [5.74, 6) is -0.319. The van der Waals surface area contributed by atoms with Crippen LogP contribution < -0.4 is 19.9 Å². The molecule has 1 aromatic heterocycles. The van der Waals surface area contributed by atoms with Gasteiger partial charge >= 0.3 is 6.18 Å². The van der Waals surface area contributed by atoms with Gasteiger partial charge in [-0.15, -0.1) is 0 Å². The number of anilines is 4. The van der Waals surface area contributed by atoms with E-state index in [2.05, 4.69) is 15.3 Å². The molecular weight excluding hydrogens is 473 g/mol. The van der Waals surface area contributed by atoms with Crippen molar-refractivity contribution in [3.05, 3.63) is 30.0 Å². The highest BCUT2D eigenvalue weighted by Gasteiger charge is 2.41. The summed E-state index contributed by atoms with van der Waals surface area (Å²) < 4.78 is 74.0. The largest absolute Gasteiger partial charge is 0.489 e. The Hall–Kier alpha value is -2.89. The maximum Gasteiger partial charge on any atom is 0.421 e. The molecule has 2 aliphatic heterocycles. The van der Waals surface area contributed by atoms with Gasteiger partial charge in [-0.05, 0) is 38.8 Å². The van der Waals surface area contributed by atoms with Crippen molar-refractivity contribution in [1.29, 1.82) is 0 Å². The van der Waals surface area contributed by atoms with Crippen LogP contribution in [0.25, 0.3) is 0 Å². The Kier molecular flexibility index (Phi) is 7.20. The van der Waals surface area contributed by atoms with Crippen LogP contribution in [0.2, 0.25) is 0 Å². The molecule has 0 spiro atoms. The first kappa shape index (κ1) is 25.2. The van der Waals surface area contributed by atoms with Gasteiger partial charge in [0.2, 0.25) is 5.95 Å². The van der Waals surface area contributed by atoms with Crippen LogP contribution >= 0.6 is 0 Å². The fourth-order valence-electron chi connectivity index (χ4n) is 4.24. The minimum atomic E-state index is -4.79. The first-order chi connectivity index (χ1) is 16.5. The number of aromatic nitrogens is 2. The Labute approximate surface area is 199 Å². The van der Waals surface area contributed by atoms with E-state index in [1.165, 1.54) is 0 Å². The van der Waals surface area contributed by atoms with Gasteiger partial charge in [0, 0.05) is 31.0 Å². The minimum Gasteiger partial charge on any atom is -0.489 e. The summed E-state index contributed by atoms with van der Waals surface area (Å²) in [7, 11) is 0. The van der Waals surface area contributed by atoms with Gasteiger partial charge in [-0.1, -0.05) is 0 Å². The zero-order valence-electron chi connectivity index (χ0n) is 19.4. The SMILES string of the molecule is CC(C)Oc1cc(N2CCCC(O)C2)ccc1Nc1ncc(C(F)(F)F)c(N2C[C@H](F)[C@@H](F)C2)n1. The Balaban J connectivity index is 1.65. The number of aliphatic hydroxyl groups excluding tert-OH is 1. The molecule has 3 heterocycles. The van der Waals surface area contributed by atoms with Crippen molar-refractivity contribution < 1.29 is 31.8 Å². The second-order valence-corrected chi connectivity index (χ2v) is 9.08. The summed E-state index contributed by atoms with van der Waals surface area (Å²) in [5, 5.41) is 12.9. The monoisotopic (exact) mass is 501 g/mol. The van der Waals surface area contributed by atoms with Gasteiger partial charge in [0.05, 0.1) is 31.0 Å². The quantitative estimate of drug-likeness (QED) is 0.566. The number of piperidine rings is 1. The van der Waals surface area contributed by atoms with Crippen LogP contribution in [0, 0.1) is 0 Å². The maximum atomic E-state index is 13.7. The molecule has 3 atom stereocenters. The molecular formula is C23H28F5N5O2. The number of benzene rings is 1. The van der Waals surface area contributed by atoms with Crippen LogP contribution in [-0.2, 0) is 6.18 Å². The van der Waals surface area contributed by atoms with Crippen molar-refractivity contribution in [3.8, 4) is 5.75 Å². The van der Waals surface area contributed by atoms with E-state index < -0.39 is 49.1 Å². The number of nitrogens with one attached hydrogen (secondary N) is 1. The van der Waals surface area contributed by atoms with Crippen molar-refractivity contribution in [2.45, 2.75) is 57.4 Å². The number of alkyl halides is 5. The third-order valence-corrected chi connectivity index (χ3v) is 5.89. The second kappa shape index (κ2) is 10.00. The first-order valence-corrected chi connectivity index (χ1v) is 11.5. The van der Waals surface area contributed by atoms with E-state index in [0.29, 0.717) is 24.2 Å². The molecule has 2 saturated heterocycles. The van der Waals surface area contributed by atoms with Crippen molar-refractivity contribution in [2.24, 2.45) is 0 Å². The van der Waals surface area contributed by atoms with Crippen molar-refractivity contribution in [3.63, 3.8) is 0 Å². The van der Waals surface area contributed by atoms with E-state index in [1.807, 2.05) is 18.7 Å². The number of hydrogen-bond acceptors (Lipinski definition) is 7. The van der Waals surface area contributed by atoms with Crippen LogP contribution in [0.1, 0.15) is 32.3 Å². The van der Waals surface area contributed by atoms with Gasteiger partial charge in [0.1, 0.15) is 17.1 Å². The van der Waals surface area contributed by atoms with Crippen LogP contribution in [-0.4, -0.2) is 65.8 Å². The highest BCUT2D eigenvalue weighted by molar-refractivity contribution is 5.69. The standard InChI is InChI=1S/C23H28F5N5O2/c1-13(2)35-20-8-14(32-7-3-4-15(34)10-32)5-6-19(20)30-22-29-9-16(23(26,27)28)21(31-22)33-11-17(24)18(25)12-33/h5-6,8-9,13,15,17-18,34H,3-4,7,10-12H2,1-2H3,(H,29,30,31)/t15?,17-,18-/m0/s1. The van der Waals surface area contributed by atoms with Crippen LogP contribution in [0.5, 0.6) is 5.75 Å². The highest BCUT2D eigenvalue weighted by atomic mass is 19.4. The first-order valence-electron chi connectivity index (χ1n) is 11.5. The van der Waals surface area contributed by atoms with Gasteiger partial charge < -0.3 is 25.0 Å². The third kappa shape index (κ3) is 5.85. The summed E-state index contributed by atoms with van der Waals surface area (Å²) in [6.07, 6.45) is -7.01. The summed E-state index contributed by atoms with van der Waals surface area (Å²) in [6, 6.07) is 5.29. The Morgan fingerprint density at radius 3 is 2.46 bits per heavy atom. The van der Waals surface area contributed by atoms with E-state index in [-0.39, 0.29) is 12.1 Å². The fourth-order valence-corrected chi connectivity index (χ4v) is 4.24. The maximum absolute atomic E-state index is 13.7. The molecule has 1 unspecified atom stereocenters. The number of hydrogen-bond donors (Lipinski definition) is 2. The Morgan fingerprint density at radius 2 is 1.83 bits per heavy atom. The molecule has 0 radical (unpaired) electrons. The lowest BCUT2D eigenvalue weighted by molar-refractivity contribution is -0.137. The Bertz CT molecular complexity index is 1030. The average molecular weight is 502 g/mol. The number of halogens is 5. The molecule has 4 rings (SSSR count). The summed E-state index contributed by atoms with van der Waals surface area (Å²) in [5.41, 5.74) is 0.0832. The molecule has 0 bridgehead atoms. The summed E-state index contributed by atoms with van der Waals surface area (Å²) in [4.78, 5) is 10.8. The van der Waals surface area contributed by atoms with E-state index in [0.717, 1.165) is 30.0 Å². The zero-order valence-corrected chi connectivity index (χ0v) is 19.4. The predicted octanol–water partition coefficient (Wildman–Crippen LogP) is 4.48. The number of aliphatic hydroxyl groups is 1. The van der Waals surface area contributed by atoms with E-state index in [1.54, 1.807) is 18.2 Å². The lowest BCUT2D eigenvalue weighted by Crippen LogP contribution is -2.38. The van der Waals surface area contributed by atoms with Crippen LogP contribution in [0.3, 0.4) is 0 Å². The molecule has 2 aliphatic rings. The topological polar surface area (TPSA) is 73.8 Å². The number of nitrogens with zero attached hydrogens (tertiary/aromatic N) is 4. The minimum absolute atomic E-state index is 0.166. The lowest BCUT2D eigenvalue weighted by Gasteiger charge is -2.32. The number of ether oxygens (including phenoxy) is 1. The summed E-state index contributed by atoms with van der Waals surface area (Å²) in [6.45, 7) is 3.87. The zero-order chi connectivity index (χ0) is 25.3. The van der Waals surface area contributed by atoms with E-state index in [4.69, 9.17) is 4.74 Å². The molecule has 7 nitrogen and oxygen atoms in total. The van der Waals surface area contributed by atoms with Crippen molar-refractivity contribution in [1.82, 2.24) is 9.97 Å². The fraction of sp³-hybridized carbons (Fsp3) is 0.565. The third-order valence-electron chi connectivity index (χ3n) is 5.89. The van der Waals surface area contributed by atoms with Gasteiger partial charge in [-0.2, -0.15) is 18.2 Å². The molecule has 12 heteroatoms. The van der Waals surface area contributed by atoms with E-state index >= 15 is 0 Å².